The predicted octanol–water partition coefficient (Wildman–Crippen LogP) is 3.54. The van der Waals surface area contributed by atoms with Crippen molar-refractivity contribution in [1.82, 2.24) is 20.3 Å². The lowest BCUT2D eigenvalue weighted by molar-refractivity contribution is -0.132. The Kier molecular flexibility index (Phi) is 7.94. The number of aromatic nitrogens is 3. The Morgan fingerprint density at radius 3 is 2.27 bits per heavy atom. The monoisotopic (exact) mass is 310 g/mol. The third-order valence-electron chi connectivity index (χ3n) is 4.35. The van der Waals surface area contributed by atoms with Crippen molar-refractivity contribution in [3.8, 4) is 0 Å². The summed E-state index contributed by atoms with van der Waals surface area (Å²) < 4.78 is 1.82. The molecule has 128 valence electrons. The number of nitrogens with one attached hydrogen (secondary N) is 1. The van der Waals surface area contributed by atoms with E-state index in [0.29, 0.717) is 19.0 Å². The van der Waals surface area contributed by atoms with Crippen molar-refractivity contribution >= 4 is 5.78 Å². The molecule has 5 heteroatoms. The minimum atomic E-state index is -0.488. The van der Waals surface area contributed by atoms with Crippen molar-refractivity contribution in [1.29, 1.82) is 0 Å². The van der Waals surface area contributed by atoms with E-state index in [2.05, 4.69) is 29.5 Å². The van der Waals surface area contributed by atoms with Gasteiger partial charge in [-0.3, -0.25) is 4.79 Å². The van der Waals surface area contributed by atoms with Crippen LogP contribution in [0.3, 0.4) is 0 Å². The van der Waals surface area contributed by atoms with Crippen molar-refractivity contribution < 1.29 is 4.79 Å². The summed E-state index contributed by atoms with van der Waals surface area (Å²) in [6.45, 7) is 18.8. The van der Waals surface area contributed by atoms with Crippen molar-refractivity contribution in [2.45, 2.75) is 86.9 Å². The van der Waals surface area contributed by atoms with Gasteiger partial charge in [-0.25, -0.2) is 4.68 Å². The fourth-order valence-electron chi connectivity index (χ4n) is 2.03. The minimum Gasteiger partial charge on any atom is -0.309 e. The van der Waals surface area contributed by atoms with E-state index in [0.717, 1.165) is 5.69 Å². The summed E-state index contributed by atoms with van der Waals surface area (Å²) in [6, 6.07) is 0.409. The molecule has 0 radical (unpaired) electrons. The maximum absolute atomic E-state index is 12.2. The van der Waals surface area contributed by atoms with E-state index >= 15 is 0 Å². The Morgan fingerprint density at radius 1 is 1.27 bits per heavy atom. The number of hydrogen-bond acceptors (Lipinski definition) is 4. The van der Waals surface area contributed by atoms with Crippen LogP contribution in [0.15, 0.2) is 6.20 Å². The first-order valence-electron chi connectivity index (χ1n) is 8.31. The van der Waals surface area contributed by atoms with Gasteiger partial charge in [-0.2, -0.15) is 0 Å². The van der Waals surface area contributed by atoms with Crippen LogP contribution in [0, 0.1) is 5.41 Å². The third-order valence-corrected chi connectivity index (χ3v) is 4.35. The van der Waals surface area contributed by atoms with Gasteiger partial charge in [-0.15, -0.1) is 5.10 Å². The quantitative estimate of drug-likeness (QED) is 0.837. The molecule has 0 aliphatic rings. The first-order chi connectivity index (χ1) is 10.1. The molecule has 1 aromatic heterocycles. The molecule has 0 unspecified atom stereocenters. The smallest absolute Gasteiger partial charge is 0.140 e. The second-order valence-electron chi connectivity index (χ2n) is 6.65. The Morgan fingerprint density at radius 2 is 1.82 bits per heavy atom. The fraction of sp³-hybridized carbons (Fsp3) is 0.824. The Balaban J connectivity index is 0.00000211. The summed E-state index contributed by atoms with van der Waals surface area (Å²) >= 11 is 0. The predicted molar refractivity (Wildman–Crippen MR) is 91.7 cm³/mol. The van der Waals surface area contributed by atoms with Gasteiger partial charge in [0.05, 0.1) is 17.4 Å². The van der Waals surface area contributed by atoms with E-state index in [4.69, 9.17) is 0 Å². The molecule has 22 heavy (non-hydrogen) atoms. The summed E-state index contributed by atoms with van der Waals surface area (Å²) in [4.78, 5) is 12.2. The largest absolute Gasteiger partial charge is 0.309 e. The molecule has 0 aliphatic carbocycles. The number of hydrogen-bond donors (Lipinski definition) is 1. The second kappa shape index (κ2) is 8.42. The van der Waals surface area contributed by atoms with Gasteiger partial charge in [0, 0.05) is 24.4 Å². The molecule has 0 amide bonds. The Bertz CT molecular complexity index is 461. The molecule has 0 saturated carbocycles. The molecule has 1 heterocycles. The number of nitrogens with zero attached hydrogens (tertiary/aromatic N) is 3. The molecular formula is C17H34N4O. The zero-order chi connectivity index (χ0) is 17.6. The van der Waals surface area contributed by atoms with Crippen LogP contribution < -0.4 is 5.32 Å². The number of rotatable bonds is 7. The van der Waals surface area contributed by atoms with Crippen LogP contribution in [0.25, 0.3) is 0 Å². The molecule has 1 N–H and O–H groups in total. The first kappa shape index (κ1) is 20.8. The highest BCUT2D eigenvalue weighted by Crippen LogP contribution is 2.38. The van der Waals surface area contributed by atoms with Crippen molar-refractivity contribution in [3.63, 3.8) is 0 Å². The highest BCUT2D eigenvalue weighted by atomic mass is 16.1. The van der Waals surface area contributed by atoms with Crippen molar-refractivity contribution in [2.75, 3.05) is 0 Å². The lowest BCUT2D eigenvalue weighted by Gasteiger charge is -2.40. The van der Waals surface area contributed by atoms with Gasteiger partial charge < -0.3 is 5.32 Å². The lowest BCUT2D eigenvalue weighted by atomic mass is 9.71. The lowest BCUT2D eigenvalue weighted by Crippen LogP contribution is -2.47. The van der Waals surface area contributed by atoms with Gasteiger partial charge in [0.15, 0.2) is 0 Å². The molecule has 0 atom stereocenters. The minimum absolute atomic E-state index is 0.236. The van der Waals surface area contributed by atoms with Crippen molar-refractivity contribution in [2.24, 2.45) is 5.41 Å². The molecular weight excluding hydrogens is 276 g/mol. The third kappa shape index (κ3) is 4.63. The molecule has 1 aromatic rings. The van der Waals surface area contributed by atoms with Gasteiger partial charge >= 0.3 is 0 Å². The molecule has 0 fully saturated rings. The summed E-state index contributed by atoms with van der Waals surface area (Å²) in [6.07, 6.45) is 2.47. The summed E-state index contributed by atoms with van der Waals surface area (Å²) in [5.74, 6) is 0.236. The van der Waals surface area contributed by atoms with Crippen LogP contribution in [-0.2, 0) is 16.9 Å². The van der Waals surface area contributed by atoms with E-state index in [1.807, 2.05) is 59.3 Å². The van der Waals surface area contributed by atoms with Crippen LogP contribution in [0.5, 0.6) is 0 Å². The van der Waals surface area contributed by atoms with Gasteiger partial charge in [0.2, 0.25) is 0 Å². The number of carbonyl (C=O) groups is 1. The van der Waals surface area contributed by atoms with Crippen LogP contribution in [0.4, 0.5) is 0 Å². The molecule has 0 bridgehead atoms. The van der Waals surface area contributed by atoms with Gasteiger partial charge in [0.1, 0.15) is 5.78 Å². The average molecular weight is 310 g/mol. The zero-order valence-corrected chi connectivity index (χ0v) is 15.8. The van der Waals surface area contributed by atoms with Crippen LogP contribution in [-0.4, -0.2) is 26.8 Å². The topological polar surface area (TPSA) is 59.8 Å². The summed E-state index contributed by atoms with van der Waals surface area (Å²) in [5, 5.41) is 11.7. The number of ketones is 1. The molecule has 0 aliphatic heterocycles. The second-order valence-corrected chi connectivity index (χ2v) is 6.65. The Hall–Kier alpha value is -1.23. The normalized spacial score (nSPS) is 12.1. The number of carbonyl (C=O) groups excluding carboxylic acids is 1. The SMILES string of the molecule is CC.CCC(=O)C(C)(C)C(C)(C)n1cc(CNC(C)C)nn1. The number of Topliss-reactive ketones (excluding diaryl/α,β-unsaturated/α-hetero) is 1. The van der Waals surface area contributed by atoms with Gasteiger partial charge in [-0.05, 0) is 13.8 Å². The van der Waals surface area contributed by atoms with Gasteiger partial charge in [-0.1, -0.05) is 53.7 Å². The van der Waals surface area contributed by atoms with E-state index in [-0.39, 0.29) is 5.78 Å². The summed E-state index contributed by atoms with van der Waals surface area (Å²) in [5.41, 5.74) is -0.00649. The van der Waals surface area contributed by atoms with Crippen LogP contribution >= 0.6 is 0 Å². The molecule has 5 nitrogen and oxygen atoms in total. The average Bonchev–Trinajstić information content (AvgIpc) is 2.95. The maximum atomic E-state index is 12.2. The van der Waals surface area contributed by atoms with Gasteiger partial charge in [0.25, 0.3) is 0 Å². The molecule has 0 saturated heterocycles. The van der Waals surface area contributed by atoms with E-state index in [1.165, 1.54) is 0 Å². The van der Waals surface area contributed by atoms with E-state index in [1.54, 1.807) is 0 Å². The molecule has 0 aromatic carbocycles. The highest BCUT2D eigenvalue weighted by molar-refractivity contribution is 5.84. The fourth-order valence-corrected chi connectivity index (χ4v) is 2.03. The molecule has 1 rings (SSSR count). The summed E-state index contributed by atoms with van der Waals surface area (Å²) in [7, 11) is 0. The van der Waals surface area contributed by atoms with E-state index < -0.39 is 11.0 Å². The standard InChI is InChI=1S/C15H28N4O.C2H6/c1-8-13(20)14(4,5)15(6,7)19-10-12(17-18-19)9-16-11(2)3;1-2/h10-11,16H,8-9H2,1-7H3;1-2H3. The maximum Gasteiger partial charge on any atom is 0.140 e. The Labute approximate surface area is 135 Å². The van der Waals surface area contributed by atoms with Crippen LogP contribution in [0.1, 0.15) is 74.4 Å². The molecule has 0 spiro atoms. The van der Waals surface area contributed by atoms with Crippen LogP contribution in [0.2, 0.25) is 0 Å². The highest BCUT2D eigenvalue weighted by Gasteiger charge is 2.44. The van der Waals surface area contributed by atoms with E-state index in [9.17, 15) is 4.79 Å². The zero-order valence-electron chi connectivity index (χ0n) is 15.8. The first-order valence-corrected chi connectivity index (χ1v) is 8.31. The van der Waals surface area contributed by atoms with Crippen molar-refractivity contribution in [3.05, 3.63) is 11.9 Å².